The molecule has 6 nitrogen and oxygen atoms in total. The monoisotopic (exact) mass is 342 g/mol. The van der Waals surface area contributed by atoms with E-state index in [1.807, 2.05) is 51.1 Å². The smallest absolute Gasteiger partial charge is 0.198 e. The molecular formula is C17H19ClN6. The Bertz CT molecular complexity index is 841. The van der Waals surface area contributed by atoms with Crippen LogP contribution in [0.2, 0.25) is 5.02 Å². The van der Waals surface area contributed by atoms with E-state index in [4.69, 9.17) is 11.6 Å². The lowest BCUT2D eigenvalue weighted by Gasteiger charge is -2.13. The molecule has 0 spiro atoms. The van der Waals surface area contributed by atoms with Gasteiger partial charge in [-0.15, -0.1) is 0 Å². The minimum atomic E-state index is 0.640. The molecule has 0 fully saturated rings. The Balaban J connectivity index is 1.99. The summed E-state index contributed by atoms with van der Waals surface area (Å²) in [7, 11) is 0. The Morgan fingerprint density at radius 1 is 1.17 bits per heavy atom. The molecule has 0 unspecified atom stereocenters. The molecule has 24 heavy (non-hydrogen) atoms. The van der Waals surface area contributed by atoms with Crippen LogP contribution < -0.4 is 10.6 Å². The molecule has 0 atom stereocenters. The van der Waals surface area contributed by atoms with Gasteiger partial charge in [0, 0.05) is 22.9 Å². The molecule has 0 aliphatic rings. The van der Waals surface area contributed by atoms with Crippen LogP contribution in [0.25, 0.3) is 5.82 Å². The fraction of sp³-hybridized carbons (Fsp3) is 0.235. The van der Waals surface area contributed by atoms with Crippen molar-refractivity contribution >= 4 is 28.9 Å². The summed E-state index contributed by atoms with van der Waals surface area (Å²) in [6, 6.07) is 9.45. The molecule has 3 aromatic rings. The summed E-state index contributed by atoms with van der Waals surface area (Å²) in [5, 5.41) is 11.7. The van der Waals surface area contributed by atoms with E-state index in [0.29, 0.717) is 22.5 Å². The Morgan fingerprint density at radius 3 is 2.54 bits per heavy atom. The van der Waals surface area contributed by atoms with Gasteiger partial charge in [-0.2, -0.15) is 5.10 Å². The fourth-order valence-electron chi connectivity index (χ4n) is 2.40. The number of aromatic nitrogens is 4. The van der Waals surface area contributed by atoms with Crippen LogP contribution in [-0.4, -0.2) is 26.3 Å². The van der Waals surface area contributed by atoms with Crippen LogP contribution in [-0.2, 0) is 0 Å². The normalized spacial score (nSPS) is 10.7. The molecule has 2 N–H and O–H groups in total. The largest absolute Gasteiger partial charge is 0.367 e. The third-order valence-corrected chi connectivity index (χ3v) is 3.68. The van der Waals surface area contributed by atoms with Crippen molar-refractivity contribution in [1.29, 1.82) is 0 Å². The van der Waals surface area contributed by atoms with Crippen molar-refractivity contribution in [1.82, 2.24) is 19.7 Å². The minimum Gasteiger partial charge on any atom is -0.367 e. The average Bonchev–Trinajstić information content (AvgIpc) is 2.90. The molecule has 0 aliphatic carbocycles. The van der Waals surface area contributed by atoms with Gasteiger partial charge in [-0.1, -0.05) is 11.6 Å². The highest BCUT2D eigenvalue weighted by atomic mass is 35.5. The number of nitrogens with one attached hydrogen (secondary N) is 2. The number of halogens is 1. The molecule has 124 valence electrons. The van der Waals surface area contributed by atoms with Crippen LogP contribution in [0.1, 0.15) is 18.3 Å². The molecule has 0 aliphatic heterocycles. The van der Waals surface area contributed by atoms with Gasteiger partial charge in [0.05, 0.1) is 11.9 Å². The van der Waals surface area contributed by atoms with Crippen LogP contribution in [0, 0.1) is 13.8 Å². The summed E-state index contributed by atoms with van der Waals surface area (Å²) in [6.45, 7) is 6.73. The Morgan fingerprint density at radius 2 is 1.92 bits per heavy atom. The Labute approximate surface area is 145 Å². The van der Waals surface area contributed by atoms with Crippen molar-refractivity contribution in [3.05, 3.63) is 52.9 Å². The first-order valence-corrected chi connectivity index (χ1v) is 8.11. The minimum absolute atomic E-state index is 0.640. The molecular weight excluding hydrogens is 324 g/mol. The topological polar surface area (TPSA) is 67.7 Å². The van der Waals surface area contributed by atoms with Gasteiger partial charge < -0.3 is 10.6 Å². The second-order valence-electron chi connectivity index (χ2n) is 5.43. The van der Waals surface area contributed by atoms with Crippen LogP contribution >= 0.6 is 11.6 Å². The zero-order chi connectivity index (χ0) is 17.1. The molecule has 0 amide bonds. The van der Waals surface area contributed by atoms with Crippen molar-refractivity contribution in [3.63, 3.8) is 0 Å². The quantitative estimate of drug-likeness (QED) is 0.730. The summed E-state index contributed by atoms with van der Waals surface area (Å²) < 4.78 is 1.80. The van der Waals surface area contributed by atoms with Gasteiger partial charge >= 0.3 is 0 Å². The SMILES string of the molecule is CCNc1ncc(Nc2ccc(Cl)cc2)nc1-n1nc(C)cc1C. The molecule has 2 heterocycles. The first kappa shape index (κ1) is 16.3. The van der Waals surface area contributed by atoms with Crippen molar-refractivity contribution in [2.24, 2.45) is 0 Å². The number of benzene rings is 1. The van der Waals surface area contributed by atoms with Crippen molar-refractivity contribution < 1.29 is 0 Å². The third-order valence-electron chi connectivity index (χ3n) is 3.43. The van der Waals surface area contributed by atoms with E-state index in [0.717, 1.165) is 23.6 Å². The lowest BCUT2D eigenvalue weighted by Crippen LogP contribution is -2.11. The molecule has 0 radical (unpaired) electrons. The van der Waals surface area contributed by atoms with Gasteiger partial charge in [0.15, 0.2) is 17.5 Å². The second-order valence-corrected chi connectivity index (χ2v) is 5.87. The van der Waals surface area contributed by atoms with Gasteiger partial charge in [0.1, 0.15) is 0 Å². The molecule has 2 aromatic heterocycles. The summed E-state index contributed by atoms with van der Waals surface area (Å²) in [5.74, 6) is 2.01. The van der Waals surface area contributed by atoms with Crippen LogP contribution in [0.15, 0.2) is 36.5 Å². The van der Waals surface area contributed by atoms with Gasteiger partial charge in [0.25, 0.3) is 0 Å². The third kappa shape index (κ3) is 3.49. The van der Waals surface area contributed by atoms with Crippen molar-refractivity contribution in [3.8, 4) is 5.82 Å². The standard InChI is InChI=1S/C17H19ClN6/c1-4-19-16-17(24-12(3)9-11(2)23-24)22-15(10-20-16)21-14-7-5-13(18)6-8-14/h5-10H,4H2,1-3H3,(H,19,20)(H,21,22). The number of anilines is 3. The number of hydrogen-bond acceptors (Lipinski definition) is 5. The molecule has 0 saturated heterocycles. The highest BCUT2D eigenvalue weighted by Crippen LogP contribution is 2.22. The van der Waals surface area contributed by atoms with E-state index in [-0.39, 0.29) is 0 Å². The van der Waals surface area contributed by atoms with Gasteiger partial charge in [-0.3, -0.25) is 0 Å². The predicted octanol–water partition coefficient (Wildman–Crippen LogP) is 4.11. The van der Waals surface area contributed by atoms with Gasteiger partial charge in [-0.05, 0) is 51.1 Å². The Kier molecular flexibility index (Phi) is 4.66. The first-order valence-electron chi connectivity index (χ1n) is 7.74. The summed E-state index contributed by atoms with van der Waals surface area (Å²) in [4.78, 5) is 9.17. The molecule has 0 saturated carbocycles. The van der Waals surface area contributed by atoms with Crippen LogP contribution in [0.4, 0.5) is 17.3 Å². The van der Waals surface area contributed by atoms with Gasteiger partial charge in [0.2, 0.25) is 0 Å². The summed E-state index contributed by atoms with van der Waals surface area (Å²) >= 11 is 5.92. The summed E-state index contributed by atoms with van der Waals surface area (Å²) in [6.07, 6.45) is 1.70. The molecule has 1 aromatic carbocycles. The van der Waals surface area contributed by atoms with Gasteiger partial charge in [-0.25, -0.2) is 14.6 Å². The van der Waals surface area contributed by atoms with E-state index < -0.39 is 0 Å². The molecule has 3 rings (SSSR count). The average molecular weight is 343 g/mol. The maximum absolute atomic E-state index is 5.92. The molecule has 0 bridgehead atoms. The highest BCUT2D eigenvalue weighted by molar-refractivity contribution is 6.30. The summed E-state index contributed by atoms with van der Waals surface area (Å²) in [5.41, 5.74) is 2.83. The lowest BCUT2D eigenvalue weighted by atomic mass is 10.3. The van der Waals surface area contributed by atoms with Crippen LogP contribution in [0.3, 0.4) is 0 Å². The van der Waals surface area contributed by atoms with E-state index in [9.17, 15) is 0 Å². The number of nitrogens with zero attached hydrogens (tertiary/aromatic N) is 4. The second kappa shape index (κ2) is 6.88. The fourth-order valence-corrected chi connectivity index (χ4v) is 2.53. The Hall–Kier alpha value is -2.60. The maximum atomic E-state index is 5.92. The maximum Gasteiger partial charge on any atom is 0.198 e. The zero-order valence-electron chi connectivity index (χ0n) is 13.8. The van der Waals surface area contributed by atoms with Crippen LogP contribution in [0.5, 0.6) is 0 Å². The first-order chi connectivity index (χ1) is 11.6. The van der Waals surface area contributed by atoms with Crippen molar-refractivity contribution in [2.75, 3.05) is 17.2 Å². The lowest BCUT2D eigenvalue weighted by molar-refractivity contribution is 0.801. The molecule has 7 heteroatoms. The zero-order valence-corrected chi connectivity index (χ0v) is 14.6. The number of rotatable bonds is 5. The predicted molar refractivity (Wildman–Crippen MR) is 97.5 cm³/mol. The van der Waals surface area contributed by atoms with E-state index in [1.165, 1.54) is 0 Å². The highest BCUT2D eigenvalue weighted by Gasteiger charge is 2.13. The van der Waals surface area contributed by atoms with E-state index >= 15 is 0 Å². The van der Waals surface area contributed by atoms with E-state index in [2.05, 4.69) is 25.7 Å². The van der Waals surface area contributed by atoms with Crippen molar-refractivity contribution in [2.45, 2.75) is 20.8 Å². The van der Waals surface area contributed by atoms with E-state index in [1.54, 1.807) is 10.9 Å². The number of aryl methyl sites for hydroxylation is 2. The number of hydrogen-bond donors (Lipinski definition) is 2.